The van der Waals surface area contributed by atoms with Gasteiger partial charge in [0.05, 0.1) is 26.5 Å². The number of benzene rings is 1. The molecule has 0 radical (unpaired) electrons. The van der Waals surface area contributed by atoms with Crippen LogP contribution in [0.5, 0.6) is 11.5 Å². The molecule has 3 aromatic rings. The van der Waals surface area contributed by atoms with Crippen molar-refractivity contribution in [3.8, 4) is 11.5 Å². The van der Waals surface area contributed by atoms with Crippen LogP contribution in [0.15, 0.2) is 53.8 Å². The van der Waals surface area contributed by atoms with Crippen LogP contribution >= 0.6 is 0 Å². The molecule has 0 bridgehead atoms. The molecule has 0 unspecified atom stereocenters. The molecule has 2 N–H and O–H groups in total. The molecule has 2 aromatic heterocycles. The van der Waals surface area contributed by atoms with E-state index in [2.05, 4.69) is 33.7 Å². The van der Waals surface area contributed by atoms with E-state index in [1.54, 1.807) is 14.2 Å². The number of hydrogen-bond donors (Lipinski definition) is 2. The summed E-state index contributed by atoms with van der Waals surface area (Å²) in [4.78, 5) is 9.28. The van der Waals surface area contributed by atoms with Gasteiger partial charge in [0, 0.05) is 31.9 Å². The number of hydrogen-bond acceptors (Lipinski definition) is 4. The number of nitrogens with one attached hydrogen (secondary N) is 2. The van der Waals surface area contributed by atoms with Crippen molar-refractivity contribution >= 4 is 11.6 Å². The fourth-order valence-corrected chi connectivity index (χ4v) is 2.91. The summed E-state index contributed by atoms with van der Waals surface area (Å²) < 4.78 is 12.7. The molecule has 0 amide bonds. The van der Waals surface area contributed by atoms with Crippen molar-refractivity contribution in [2.75, 3.05) is 27.3 Å². The van der Waals surface area contributed by atoms with E-state index < -0.39 is 0 Å². The number of fused-ring (bicyclic) bond motifs is 1. The molecule has 7 nitrogen and oxygen atoms in total. The highest BCUT2D eigenvalue weighted by Crippen LogP contribution is 2.27. The average molecular weight is 381 g/mol. The molecule has 148 valence electrons. The summed E-state index contributed by atoms with van der Waals surface area (Å²) in [5.41, 5.74) is 3.07. The molecule has 0 spiro atoms. The van der Waals surface area contributed by atoms with E-state index >= 15 is 0 Å². The predicted octanol–water partition coefficient (Wildman–Crippen LogP) is 2.65. The number of pyridine rings is 1. The van der Waals surface area contributed by atoms with Crippen LogP contribution in [0.4, 0.5) is 0 Å². The normalized spacial score (nSPS) is 11.5. The zero-order valence-corrected chi connectivity index (χ0v) is 16.6. The van der Waals surface area contributed by atoms with Gasteiger partial charge < -0.3 is 24.5 Å². The summed E-state index contributed by atoms with van der Waals surface area (Å²) in [6, 6.07) is 11.8. The third kappa shape index (κ3) is 4.94. The number of aromatic nitrogens is 2. The van der Waals surface area contributed by atoms with Gasteiger partial charge in [0.25, 0.3) is 0 Å². The third-order valence-electron chi connectivity index (χ3n) is 4.30. The Balaban J connectivity index is 1.59. The molecule has 0 aliphatic heterocycles. The van der Waals surface area contributed by atoms with Crippen LogP contribution in [0.2, 0.25) is 0 Å². The first-order valence-electron chi connectivity index (χ1n) is 9.39. The number of imidazole rings is 1. The summed E-state index contributed by atoms with van der Waals surface area (Å²) in [7, 11) is 3.27. The van der Waals surface area contributed by atoms with Gasteiger partial charge >= 0.3 is 0 Å². The predicted molar refractivity (Wildman–Crippen MR) is 111 cm³/mol. The van der Waals surface area contributed by atoms with Gasteiger partial charge in [-0.15, -0.1) is 0 Å². The summed E-state index contributed by atoms with van der Waals surface area (Å²) in [6.07, 6.45) is 4.89. The first kappa shape index (κ1) is 19.5. The van der Waals surface area contributed by atoms with Crippen LogP contribution in [0.1, 0.15) is 18.2 Å². The van der Waals surface area contributed by atoms with E-state index in [-0.39, 0.29) is 0 Å². The van der Waals surface area contributed by atoms with Gasteiger partial charge in [0.15, 0.2) is 17.5 Å². The van der Waals surface area contributed by atoms with Crippen LogP contribution in [-0.4, -0.2) is 42.7 Å². The third-order valence-corrected chi connectivity index (χ3v) is 4.30. The molecule has 0 fully saturated rings. The Bertz CT molecular complexity index is 902. The minimum Gasteiger partial charge on any atom is -0.493 e. The van der Waals surface area contributed by atoms with E-state index in [0.29, 0.717) is 18.0 Å². The van der Waals surface area contributed by atoms with Crippen molar-refractivity contribution in [2.45, 2.75) is 19.9 Å². The highest BCUT2D eigenvalue weighted by Gasteiger charge is 2.05. The van der Waals surface area contributed by atoms with E-state index in [9.17, 15) is 0 Å². The standard InChI is InChI=1S/C21H27N5O2/c1-4-22-21(24-14-16-8-9-18(27-2)19(13-16)28-3)23-11-10-17-15-26-12-6-5-7-20(26)25-17/h5-9,12-13,15H,4,10-11,14H2,1-3H3,(H2,22,23,24). The Morgan fingerprint density at radius 1 is 1.11 bits per heavy atom. The van der Waals surface area contributed by atoms with Gasteiger partial charge in [-0.1, -0.05) is 12.1 Å². The molecule has 28 heavy (non-hydrogen) atoms. The molecule has 0 aliphatic carbocycles. The van der Waals surface area contributed by atoms with Crippen molar-refractivity contribution in [1.82, 2.24) is 20.0 Å². The molecule has 1 aromatic carbocycles. The lowest BCUT2D eigenvalue weighted by Crippen LogP contribution is -2.38. The topological polar surface area (TPSA) is 72.2 Å². The molecule has 2 heterocycles. The minimum absolute atomic E-state index is 0.546. The van der Waals surface area contributed by atoms with Gasteiger partial charge in [0.1, 0.15) is 5.65 Å². The van der Waals surface area contributed by atoms with E-state index in [4.69, 9.17) is 9.47 Å². The van der Waals surface area contributed by atoms with E-state index in [0.717, 1.165) is 42.4 Å². The number of rotatable bonds is 8. The zero-order chi connectivity index (χ0) is 19.8. The first-order chi connectivity index (χ1) is 13.7. The fourth-order valence-electron chi connectivity index (χ4n) is 2.91. The monoisotopic (exact) mass is 381 g/mol. The van der Waals surface area contributed by atoms with Crippen molar-refractivity contribution in [3.63, 3.8) is 0 Å². The number of nitrogens with zero attached hydrogens (tertiary/aromatic N) is 3. The Kier molecular flexibility index (Phi) is 6.73. The second kappa shape index (κ2) is 9.64. The van der Waals surface area contributed by atoms with Gasteiger partial charge in [-0.3, -0.25) is 0 Å². The number of aliphatic imine (C=N–C) groups is 1. The maximum absolute atomic E-state index is 5.36. The van der Waals surface area contributed by atoms with Crippen LogP contribution < -0.4 is 20.1 Å². The lowest BCUT2D eigenvalue weighted by Gasteiger charge is -2.12. The average Bonchev–Trinajstić information content (AvgIpc) is 3.14. The van der Waals surface area contributed by atoms with E-state index in [1.165, 1.54) is 0 Å². The fraction of sp³-hybridized carbons (Fsp3) is 0.333. The smallest absolute Gasteiger partial charge is 0.191 e. The highest BCUT2D eigenvalue weighted by molar-refractivity contribution is 5.79. The number of methoxy groups -OCH3 is 2. The minimum atomic E-state index is 0.546. The second-order valence-corrected chi connectivity index (χ2v) is 6.26. The molecule has 0 saturated heterocycles. The summed E-state index contributed by atoms with van der Waals surface area (Å²) in [5, 5.41) is 6.64. The van der Waals surface area contributed by atoms with Gasteiger partial charge in [0.2, 0.25) is 0 Å². The lowest BCUT2D eigenvalue weighted by atomic mass is 10.2. The van der Waals surface area contributed by atoms with Crippen LogP contribution in [0.3, 0.4) is 0 Å². The largest absolute Gasteiger partial charge is 0.493 e. The lowest BCUT2D eigenvalue weighted by molar-refractivity contribution is 0.354. The van der Waals surface area contributed by atoms with Crippen molar-refractivity contribution in [2.24, 2.45) is 4.99 Å². The van der Waals surface area contributed by atoms with Crippen LogP contribution in [0, 0.1) is 0 Å². The summed E-state index contributed by atoms with van der Waals surface area (Å²) in [5.74, 6) is 2.20. The Morgan fingerprint density at radius 3 is 2.71 bits per heavy atom. The molecular weight excluding hydrogens is 354 g/mol. The zero-order valence-electron chi connectivity index (χ0n) is 16.6. The first-order valence-corrected chi connectivity index (χ1v) is 9.39. The maximum atomic E-state index is 5.36. The Hall–Kier alpha value is -3.22. The SMILES string of the molecule is CCNC(=NCc1ccc(OC)c(OC)c1)NCCc1cn2ccccc2n1. The molecule has 3 rings (SSSR count). The Morgan fingerprint density at radius 2 is 1.96 bits per heavy atom. The molecular formula is C21H27N5O2. The molecule has 0 atom stereocenters. The van der Waals surface area contributed by atoms with E-state index in [1.807, 2.05) is 47.0 Å². The second-order valence-electron chi connectivity index (χ2n) is 6.26. The van der Waals surface area contributed by atoms with Gasteiger partial charge in [-0.05, 0) is 36.8 Å². The highest BCUT2D eigenvalue weighted by atomic mass is 16.5. The number of guanidine groups is 1. The quantitative estimate of drug-likeness (QED) is 0.464. The Labute approximate surface area is 165 Å². The van der Waals surface area contributed by atoms with Gasteiger partial charge in [-0.2, -0.15) is 0 Å². The van der Waals surface area contributed by atoms with Crippen molar-refractivity contribution in [1.29, 1.82) is 0 Å². The van der Waals surface area contributed by atoms with Crippen molar-refractivity contribution < 1.29 is 9.47 Å². The molecule has 0 saturated carbocycles. The summed E-state index contributed by atoms with van der Waals surface area (Å²) in [6.45, 7) is 4.15. The van der Waals surface area contributed by atoms with Crippen LogP contribution in [0.25, 0.3) is 5.65 Å². The molecule has 7 heteroatoms. The maximum Gasteiger partial charge on any atom is 0.191 e. The number of ether oxygens (including phenoxy) is 2. The van der Waals surface area contributed by atoms with Gasteiger partial charge in [-0.25, -0.2) is 9.98 Å². The molecule has 0 aliphatic rings. The summed E-state index contributed by atoms with van der Waals surface area (Å²) >= 11 is 0. The van der Waals surface area contributed by atoms with Crippen molar-refractivity contribution in [3.05, 3.63) is 60.0 Å². The van der Waals surface area contributed by atoms with Crippen LogP contribution in [-0.2, 0) is 13.0 Å².